The van der Waals surface area contributed by atoms with Crippen molar-refractivity contribution in [3.05, 3.63) is 78.6 Å². The van der Waals surface area contributed by atoms with Crippen LogP contribution in [0.3, 0.4) is 0 Å². The highest BCUT2D eigenvalue weighted by Crippen LogP contribution is 2.34. The number of rotatable bonds is 8. The predicted molar refractivity (Wildman–Crippen MR) is 128 cm³/mol. The average Bonchev–Trinajstić information content (AvgIpc) is 2.85. The van der Waals surface area contributed by atoms with Crippen molar-refractivity contribution in [3.63, 3.8) is 0 Å². The zero-order chi connectivity index (χ0) is 25.8. The molecule has 0 aliphatic carbocycles. The van der Waals surface area contributed by atoms with Crippen molar-refractivity contribution in [2.45, 2.75) is 36.7 Å². The van der Waals surface area contributed by atoms with Gasteiger partial charge in [0.25, 0.3) is 10.0 Å². The third-order valence-corrected chi connectivity index (χ3v) is 7.86. The van der Waals surface area contributed by atoms with Gasteiger partial charge in [-0.15, -0.1) is 13.2 Å². The Bertz CT molecular complexity index is 1250. The minimum absolute atomic E-state index is 0.0182. The van der Waals surface area contributed by atoms with Crippen LogP contribution in [0.25, 0.3) is 0 Å². The van der Waals surface area contributed by atoms with Gasteiger partial charge in [-0.2, -0.15) is 0 Å². The molecule has 1 aliphatic heterocycles. The fourth-order valence-corrected chi connectivity index (χ4v) is 5.98. The topological polar surface area (TPSA) is 72.0 Å². The largest absolute Gasteiger partial charge is 0.573 e. The van der Waals surface area contributed by atoms with Crippen molar-refractivity contribution in [1.82, 2.24) is 9.88 Å². The maximum absolute atomic E-state index is 13.8. The molecule has 0 unspecified atom stereocenters. The van der Waals surface area contributed by atoms with Crippen molar-refractivity contribution < 1.29 is 31.1 Å². The Morgan fingerprint density at radius 3 is 2.28 bits per heavy atom. The molecule has 4 rings (SSSR count). The summed E-state index contributed by atoms with van der Waals surface area (Å²) >= 11 is 0. The lowest BCUT2D eigenvalue weighted by Gasteiger charge is -2.39. The third-order valence-electron chi connectivity index (χ3n) is 5.97. The second-order valence-electron chi connectivity index (χ2n) is 8.38. The number of methoxy groups -OCH3 is 1. The first-order valence-corrected chi connectivity index (χ1v) is 12.8. The van der Waals surface area contributed by atoms with Gasteiger partial charge in [0, 0.05) is 44.1 Å². The van der Waals surface area contributed by atoms with Gasteiger partial charge in [0.2, 0.25) is 0 Å². The number of benzene rings is 2. The number of hydrogen-bond acceptors (Lipinski definition) is 6. The van der Waals surface area contributed by atoms with Crippen LogP contribution < -0.4 is 13.8 Å². The lowest BCUT2D eigenvalue weighted by molar-refractivity contribution is -0.274. The number of sulfonamides is 1. The molecule has 1 aromatic heterocycles. The van der Waals surface area contributed by atoms with Crippen LogP contribution in [0.5, 0.6) is 11.5 Å². The highest BCUT2D eigenvalue weighted by atomic mass is 32.2. The fourth-order valence-electron chi connectivity index (χ4n) is 4.28. The van der Waals surface area contributed by atoms with Gasteiger partial charge in [-0.3, -0.25) is 14.2 Å². The van der Waals surface area contributed by atoms with Crippen LogP contribution in [0, 0.1) is 0 Å². The number of nitrogens with zero attached hydrogens (tertiary/aromatic N) is 3. The Morgan fingerprint density at radius 2 is 1.67 bits per heavy atom. The molecule has 36 heavy (non-hydrogen) atoms. The Labute approximate surface area is 208 Å². The Hall–Kier alpha value is -3.31. The molecule has 0 bridgehead atoms. The van der Waals surface area contributed by atoms with Crippen molar-refractivity contribution in [3.8, 4) is 11.5 Å². The number of alkyl halides is 3. The van der Waals surface area contributed by atoms with Crippen LogP contribution in [0.2, 0.25) is 0 Å². The summed E-state index contributed by atoms with van der Waals surface area (Å²) in [4.78, 5) is 6.26. The SMILES string of the molecule is COc1ccc(S(=O)(=O)N(c2cccc(OC(F)(F)F)c2)C2CCN(Cc3ccncc3)CC2)cc1. The molecule has 2 heterocycles. The van der Waals surface area contributed by atoms with Crippen LogP contribution in [-0.4, -0.2) is 50.9 Å². The van der Waals surface area contributed by atoms with Gasteiger partial charge in [0.15, 0.2) is 0 Å². The fraction of sp³-hybridized carbons (Fsp3) is 0.320. The molecular weight excluding hydrogens is 495 g/mol. The minimum atomic E-state index is -4.89. The second kappa shape index (κ2) is 10.8. The predicted octanol–water partition coefficient (Wildman–Crippen LogP) is 4.85. The van der Waals surface area contributed by atoms with Crippen LogP contribution in [0.1, 0.15) is 18.4 Å². The molecule has 0 saturated carbocycles. The van der Waals surface area contributed by atoms with Crippen molar-refractivity contribution in [2.24, 2.45) is 0 Å². The average molecular weight is 522 g/mol. The normalized spacial score (nSPS) is 15.4. The van der Waals surface area contributed by atoms with Crippen LogP contribution in [0.15, 0.2) is 78.0 Å². The zero-order valence-electron chi connectivity index (χ0n) is 19.6. The Kier molecular flexibility index (Phi) is 7.70. The number of pyridine rings is 1. The first-order chi connectivity index (χ1) is 17.2. The van der Waals surface area contributed by atoms with Crippen molar-refractivity contribution in [1.29, 1.82) is 0 Å². The minimum Gasteiger partial charge on any atom is -0.497 e. The van der Waals surface area contributed by atoms with Gasteiger partial charge in [-0.25, -0.2) is 8.42 Å². The maximum atomic E-state index is 13.8. The Morgan fingerprint density at radius 1 is 1.00 bits per heavy atom. The number of halogens is 3. The van der Waals surface area contributed by atoms with Gasteiger partial charge in [-0.1, -0.05) is 6.07 Å². The molecular formula is C25H26F3N3O4S. The number of piperidine rings is 1. The molecule has 0 spiro atoms. The highest BCUT2D eigenvalue weighted by molar-refractivity contribution is 7.92. The van der Waals surface area contributed by atoms with E-state index < -0.39 is 28.2 Å². The first-order valence-electron chi connectivity index (χ1n) is 11.3. The molecule has 7 nitrogen and oxygen atoms in total. The van der Waals surface area contributed by atoms with Crippen molar-refractivity contribution >= 4 is 15.7 Å². The molecule has 1 aliphatic rings. The molecule has 2 aromatic carbocycles. The summed E-state index contributed by atoms with van der Waals surface area (Å²) in [5, 5.41) is 0. The standard InChI is InChI=1S/C25H26F3N3O4S/c1-34-22-5-7-24(8-6-22)36(32,33)31(21-3-2-4-23(17-21)35-25(26,27)28)20-11-15-30(16-12-20)18-19-9-13-29-14-10-19/h2-10,13-14,17,20H,11-12,15-16,18H2,1H3. The van der Waals surface area contributed by atoms with E-state index in [1.807, 2.05) is 12.1 Å². The summed E-state index contributed by atoms with van der Waals surface area (Å²) < 4.78 is 76.6. The van der Waals surface area contributed by atoms with Gasteiger partial charge < -0.3 is 9.47 Å². The van der Waals surface area contributed by atoms with E-state index in [1.54, 1.807) is 12.4 Å². The molecule has 1 fully saturated rings. The van der Waals surface area contributed by atoms with Crippen molar-refractivity contribution in [2.75, 3.05) is 24.5 Å². The van der Waals surface area contributed by atoms with Crippen LogP contribution in [-0.2, 0) is 16.6 Å². The van der Waals surface area contributed by atoms with Gasteiger partial charge in [-0.05, 0) is 66.9 Å². The Balaban J connectivity index is 1.63. The number of anilines is 1. The van der Waals surface area contributed by atoms with Gasteiger partial charge >= 0.3 is 6.36 Å². The number of hydrogen-bond donors (Lipinski definition) is 0. The summed E-state index contributed by atoms with van der Waals surface area (Å²) in [5.74, 6) is 0.00977. The smallest absolute Gasteiger partial charge is 0.497 e. The second-order valence-corrected chi connectivity index (χ2v) is 10.2. The molecule has 0 amide bonds. The summed E-state index contributed by atoms with van der Waals surface area (Å²) in [5.41, 5.74) is 1.21. The van der Waals surface area contributed by atoms with E-state index in [9.17, 15) is 21.6 Å². The molecule has 192 valence electrons. The molecule has 11 heteroatoms. The summed E-state index contributed by atoms with van der Waals surface area (Å²) in [6.07, 6.45) is -0.436. The lowest BCUT2D eigenvalue weighted by atomic mass is 10.0. The number of ether oxygens (including phenoxy) is 2. The quantitative estimate of drug-likeness (QED) is 0.422. The van der Waals surface area contributed by atoms with Crippen LogP contribution >= 0.6 is 0 Å². The van der Waals surface area contributed by atoms with E-state index in [0.717, 1.165) is 17.7 Å². The van der Waals surface area contributed by atoms with Crippen LogP contribution in [0.4, 0.5) is 18.9 Å². The summed E-state index contributed by atoms with van der Waals surface area (Å²) in [6, 6.07) is 14.4. The molecule has 0 radical (unpaired) electrons. The highest BCUT2D eigenvalue weighted by Gasteiger charge is 2.36. The molecule has 3 aromatic rings. The maximum Gasteiger partial charge on any atom is 0.573 e. The van der Waals surface area contributed by atoms with Gasteiger partial charge in [0.05, 0.1) is 17.7 Å². The van der Waals surface area contributed by atoms with E-state index in [4.69, 9.17) is 4.74 Å². The summed E-state index contributed by atoms with van der Waals surface area (Å²) in [7, 11) is -2.63. The number of aromatic nitrogens is 1. The zero-order valence-corrected chi connectivity index (χ0v) is 20.4. The third kappa shape index (κ3) is 6.27. The molecule has 0 atom stereocenters. The van der Waals surface area contributed by atoms with E-state index in [-0.39, 0.29) is 10.6 Å². The summed E-state index contributed by atoms with van der Waals surface area (Å²) in [6.45, 7) is 1.95. The van der Waals surface area contributed by atoms with E-state index in [1.165, 1.54) is 47.8 Å². The van der Waals surface area contributed by atoms with Gasteiger partial charge in [0.1, 0.15) is 11.5 Å². The van der Waals surface area contributed by atoms with E-state index in [2.05, 4.69) is 14.6 Å². The molecule has 0 N–H and O–H groups in total. The first kappa shape index (κ1) is 25.8. The van der Waals surface area contributed by atoms with E-state index >= 15 is 0 Å². The molecule has 1 saturated heterocycles. The lowest BCUT2D eigenvalue weighted by Crippen LogP contribution is -2.47. The number of likely N-dealkylation sites (tertiary alicyclic amines) is 1. The van der Waals surface area contributed by atoms with E-state index in [0.29, 0.717) is 38.2 Å². The monoisotopic (exact) mass is 521 g/mol.